The van der Waals surface area contributed by atoms with Crippen LogP contribution in [0.5, 0.6) is 0 Å². The Bertz CT molecular complexity index is 840. The molecular weight excluding hydrogens is 298 g/mol. The van der Waals surface area contributed by atoms with Crippen molar-refractivity contribution < 1.29 is 4.52 Å². The number of hydrogen-bond donors (Lipinski definition) is 0. The minimum atomic E-state index is 0.645. The summed E-state index contributed by atoms with van der Waals surface area (Å²) >= 11 is 0. The molecule has 4 nitrogen and oxygen atoms in total. The monoisotopic (exact) mass is 321 g/mol. The summed E-state index contributed by atoms with van der Waals surface area (Å²) in [5, 5.41) is 9.11. The van der Waals surface area contributed by atoms with E-state index in [0.717, 1.165) is 30.2 Å². The summed E-state index contributed by atoms with van der Waals surface area (Å²) in [6, 6.07) is 0.645. The Hall–Kier alpha value is -2.10. The average molecular weight is 321 g/mol. The van der Waals surface area contributed by atoms with E-state index in [4.69, 9.17) is 9.62 Å². The SMILES string of the molecule is Cc1noc(C)c1C1=CC(c2nn(C3CC3)cc2C2CC2)=CCC1. The third-order valence-corrected chi connectivity index (χ3v) is 5.43. The molecule has 2 saturated carbocycles. The van der Waals surface area contributed by atoms with Crippen molar-refractivity contribution in [2.24, 2.45) is 0 Å². The van der Waals surface area contributed by atoms with Gasteiger partial charge >= 0.3 is 0 Å². The van der Waals surface area contributed by atoms with Gasteiger partial charge in [-0.2, -0.15) is 5.10 Å². The number of nitrogens with zero attached hydrogens (tertiary/aromatic N) is 3. The van der Waals surface area contributed by atoms with Crippen LogP contribution in [0.25, 0.3) is 11.1 Å². The van der Waals surface area contributed by atoms with Gasteiger partial charge in [-0.1, -0.05) is 11.2 Å². The third-order valence-electron chi connectivity index (χ3n) is 5.43. The number of allylic oxidation sites excluding steroid dienone is 4. The maximum Gasteiger partial charge on any atom is 0.141 e. The van der Waals surface area contributed by atoms with Gasteiger partial charge in [0.2, 0.25) is 0 Å². The van der Waals surface area contributed by atoms with Gasteiger partial charge in [-0.15, -0.1) is 0 Å². The largest absolute Gasteiger partial charge is 0.361 e. The summed E-state index contributed by atoms with van der Waals surface area (Å²) in [6.07, 6.45) is 14.3. The molecule has 0 N–H and O–H groups in total. The highest BCUT2D eigenvalue weighted by molar-refractivity contribution is 5.86. The molecule has 0 unspecified atom stereocenters. The first-order chi connectivity index (χ1) is 11.7. The maximum atomic E-state index is 5.38. The summed E-state index contributed by atoms with van der Waals surface area (Å²) in [7, 11) is 0. The van der Waals surface area contributed by atoms with E-state index in [1.807, 2.05) is 13.8 Å². The van der Waals surface area contributed by atoms with E-state index in [0.29, 0.717) is 6.04 Å². The number of aromatic nitrogens is 3. The van der Waals surface area contributed by atoms with Crippen molar-refractivity contribution in [3.63, 3.8) is 0 Å². The van der Waals surface area contributed by atoms with E-state index < -0.39 is 0 Å². The van der Waals surface area contributed by atoms with Gasteiger partial charge in [-0.25, -0.2) is 0 Å². The van der Waals surface area contributed by atoms with Crippen LogP contribution in [0.15, 0.2) is 22.9 Å². The second-order valence-electron chi connectivity index (χ2n) is 7.49. The molecule has 5 rings (SSSR count). The number of rotatable bonds is 4. The molecule has 0 aliphatic heterocycles. The predicted molar refractivity (Wildman–Crippen MR) is 93.6 cm³/mol. The molecule has 2 heterocycles. The van der Waals surface area contributed by atoms with Crippen LogP contribution in [0.2, 0.25) is 0 Å². The van der Waals surface area contributed by atoms with E-state index in [2.05, 4.69) is 28.2 Å². The van der Waals surface area contributed by atoms with Crippen LogP contribution in [-0.2, 0) is 0 Å². The second kappa shape index (κ2) is 5.20. The van der Waals surface area contributed by atoms with Crippen LogP contribution < -0.4 is 0 Å². The zero-order chi connectivity index (χ0) is 16.3. The summed E-state index contributed by atoms with van der Waals surface area (Å²) in [6.45, 7) is 4.04. The van der Waals surface area contributed by atoms with Crippen molar-refractivity contribution in [2.45, 2.75) is 64.3 Å². The van der Waals surface area contributed by atoms with E-state index in [1.54, 1.807) is 0 Å². The first-order valence-corrected chi connectivity index (χ1v) is 9.14. The molecule has 0 radical (unpaired) electrons. The van der Waals surface area contributed by atoms with Crippen molar-refractivity contribution >= 4 is 11.1 Å². The van der Waals surface area contributed by atoms with Crippen molar-refractivity contribution in [2.75, 3.05) is 0 Å². The van der Waals surface area contributed by atoms with E-state index in [-0.39, 0.29) is 0 Å². The fourth-order valence-electron chi connectivity index (χ4n) is 3.85. The molecule has 124 valence electrons. The smallest absolute Gasteiger partial charge is 0.141 e. The Balaban J connectivity index is 1.56. The van der Waals surface area contributed by atoms with Crippen LogP contribution in [0, 0.1) is 13.8 Å². The Morgan fingerprint density at radius 3 is 2.67 bits per heavy atom. The zero-order valence-electron chi connectivity index (χ0n) is 14.4. The molecule has 2 aromatic heterocycles. The maximum absolute atomic E-state index is 5.38. The second-order valence-corrected chi connectivity index (χ2v) is 7.49. The highest BCUT2D eigenvalue weighted by Gasteiger charge is 2.33. The van der Waals surface area contributed by atoms with Crippen LogP contribution in [0.3, 0.4) is 0 Å². The fourth-order valence-corrected chi connectivity index (χ4v) is 3.85. The molecule has 2 fully saturated rings. The molecule has 3 aliphatic carbocycles. The molecule has 0 bridgehead atoms. The lowest BCUT2D eigenvalue weighted by atomic mass is 9.90. The lowest BCUT2D eigenvalue weighted by molar-refractivity contribution is 0.393. The van der Waals surface area contributed by atoms with Gasteiger partial charge in [-0.3, -0.25) is 4.68 Å². The van der Waals surface area contributed by atoms with Crippen LogP contribution in [0.4, 0.5) is 0 Å². The molecule has 0 aromatic carbocycles. The van der Waals surface area contributed by atoms with Gasteiger partial charge in [0.05, 0.1) is 17.4 Å². The molecule has 0 amide bonds. The molecular formula is C20H23N3O. The van der Waals surface area contributed by atoms with Crippen LogP contribution in [0.1, 0.15) is 78.8 Å². The highest BCUT2D eigenvalue weighted by Crippen LogP contribution is 2.46. The van der Waals surface area contributed by atoms with Crippen molar-refractivity contribution in [1.82, 2.24) is 14.9 Å². The van der Waals surface area contributed by atoms with Crippen LogP contribution in [-0.4, -0.2) is 14.9 Å². The van der Waals surface area contributed by atoms with E-state index in [1.165, 1.54) is 53.7 Å². The van der Waals surface area contributed by atoms with Crippen molar-refractivity contribution in [3.05, 3.63) is 46.6 Å². The molecule has 3 aliphatic rings. The first-order valence-electron chi connectivity index (χ1n) is 9.14. The van der Waals surface area contributed by atoms with Gasteiger partial charge in [0.25, 0.3) is 0 Å². The highest BCUT2D eigenvalue weighted by atomic mass is 16.5. The minimum absolute atomic E-state index is 0.645. The van der Waals surface area contributed by atoms with Gasteiger partial charge in [0, 0.05) is 17.3 Å². The summed E-state index contributed by atoms with van der Waals surface area (Å²) in [4.78, 5) is 0. The summed E-state index contributed by atoms with van der Waals surface area (Å²) in [5.41, 5.74) is 7.49. The third kappa shape index (κ3) is 2.36. The lowest BCUT2D eigenvalue weighted by Crippen LogP contribution is -1.99. The van der Waals surface area contributed by atoms with Gasteiger partial charge in [-0.05, 0) is 75.5 Å². The van der Waals surface area contributed by atoms with Crippen molar-refractivity contribution in [3.8, 4) is 0 Å². The predicted octanol–water partition coefficient (Wildman–Crippen LogP) is 4.96. The quantitative estimate of drug-likeness (QED) is 0.799. The fraction of sp³-hybridized carbons (Fsp3) is 0.500. The number of hydrogen-bond acceptors (Lipinski definition) is 3. The van der Waals surface area contributed by atoms with Gasteiger partial charge in [0.1, 0.15) is 5.76 Å². The number of aryl methyl sites for hydroxylation is 2. The first kappa shape index (κ1) is 14.3. The van der Waals surface area contributed by atoms with Gasteiger partial charge < -0.3 is 4.52 Å². The average Bonchev–Trinajstić information content (AvgIpc) is 3.52. The Labute approximate surface area is 142 Å². The van der Waals surface area contributed by atoms with Gasteiger partial charge in [0.15, 0.2) is 0 Å². The van der Waals surface area contributed by atoms with Crippen LogP contribution >= 0.6 is 0 Å². The topological polar surface area (TPSA) is 43.9 Å². The molecule has 24 heavy (non-hydrogen) atoms. The summed E-state index contributed by atoms with van der Waals surface area (Å²) in [5.74, 6) is 1.65. The van der Waals surface area contributed by atoms with Crippen molar-refractivity contribution in [1.29, 1.82) is 0 Å². The Morgan fingerprint density at radius 1 is 1.17 bits per heavy atom. The Morgan fingerprint density at radius 2 is 2.00 bits per heavy atom. The normalized spacial score (nSPS) is 20.9. The standard InChI is InChI=1S/C20H23N3O/c1-12-19(13(2)24-22-12)15-4-3-5-16(10-15)20-18(14-6-7-14)11-23(21-20)17-8-9-17/h5,10-11,14,17H,3-4,6-9H2,1-2H3. The molecule has 0 saturated heterocycles. The molecule has 4 heteroatoms. The molecule has 0 atom stereocenters. The molecule has 2 aromatic rings. The lowest BCUT2D eigenvalue weighted by Gasteiger charge is -2.14. The zero-order valence-corrected chi connectivity index (χ0v) is 14.4. The minimum Gasteiger partial charge on any atom is -0.361 e. The van der Waals surface area contributed by atoms with E-state index in [9.17, 15) is 0 Å². The Kier molecular flexibility index (Phi) is 3.09. The molecule has 0 spiro atoms. The summed E-state index contributed by atoms with van der Waals surface area (Å²) < 4.78 is 7.60. The van der Waals surface area contributed by atoms with E-state index >= 15 is 0 Å².